The summed E-state index contributed by atoms with van der Waals surface area (Å²) in [5, 5.41) is 9.41. The molecule has 1 aliphatic rings. The van der Waals surface area contributed by atoms with E-state index in [0.29, 0.717) is 26.2 Å². The average molecular weight is 334 g/mol. The van der Waals surface area contributed by atoms with Gasteiger partial charge in [-0.3, -0.25) is 9.59 Å². The number of nitrogens with zero attached hydrogens (tertiary/aromatic N) is 4. The first-order valence-corrected chi connectivity index (χ1v) is 8.94. The van der Waals surface area contributed by atoms with E-state index in [9.17, 15) is 14.9 Å². The summed E-state index contributed by atoms with van der Waals surface area (Å²) in [6.45, 7) is 9.59. The molecule has 0 N–H and O–H groups in total. The zero-order chi connectivity index (χ0) is 17.9. The van der Waals surface area contributed by atoms with Gasteiger partial charge in [-0.2, -0.15) is 5.26 Å². The van der Waals surface area contributed by atoms with Gasteiger partial charge in [-0.1, -0.05) is 26.7 Å². The second kappa shape index (κ2) is 10.7. The Kier molecular flexibility index (Phi) is 8.92. The van der Waals surface area contributed by atoms with E-state index in [2.05, 4.69) is 24.8 Å². The molecule has 1 saturated heterocycles. The summed E-state index contributed by atoms with van der Waals surface area (Å²) in [4.78, 5) is 29.5. The Morgan fingerprint density at radius 1 is 1.04 bits per heavy atom. The van der Waals surface area contributed by atoms with Crippen LogP contribution in [0.2, 0.25) is 0 Å². The van der Waals surface area contributed by atoms with Gasteiger partial charge in [-0.15, -0.1) is 0 Å². The highest BCUT2D eigenvalue weighted by Gasteiger charge is 2.25. The van der Waals surface area contributed by atoms with E-state index in [4.69, 9.17) is 0 Å². The van der Waals surface area contributed by atoms with Crippen LogP contribution in [-0.2, 0) is 9.59 Å². The van der Waals surface area contributed by atoms with E-state index in [1.54, 1.807) is 16.0 Å². The van der Waals surface area contributed by atoms with Gasteiger partial charge in [-0.05, 0) is 12.8 Å². The minimum Gasteiger partial charge on any atom is -0.376 e. The van der Waals surface area contributed by atoms with Gasteiger partial charge < -0.3 is 14.7 Å². The Labute approximate surface area is 145 Å². The van der Waals surface area contributed by atoms with Gasteiger partial charge in [0.1, 0.15) is 11.6 Å². The number of piperazine rings is 1. The van der Waals surface area contributed by atoms with Crippen LogP contribution in [0.4, 0.5) is 0 Å². The SMILES string of the molecule is CCCCN(/C=C(/C#N)C(=O)N1CCN(C(C)=O)CC1)CCCC. The number of hydrogen-bond donors (Lipinski definition) is 0. The Morgan fingerprint density at radius 2 is 1.54 bits per heavy atom. The summed E-state index contributed by atoms with van der Waals surface area (Å²) in [6, 6.07) is 2.06. The van der Waals surface area contributed by atoms with Crippen LogP contribution in [0, 0.1) is 11.3 Å². The van der Waals surface area contributed by atoms with Gasteiger partial charge in [0.05, 0.1) is 0 Å². The lowest BCUT2D eigenvalue weighted by atomic mass is 10.2. The van der Waals surface area contributed by atoms with Gasteiger partial charge in [0.15, 0.2) is 0 Å². The van der Waals surface area contributed by atoms with E-state index < -0.39 is 0 Å². The van der Waals surface area contributed by atoms with E-state index in [1.165, 1.54) is 6.92 Å². The van der Waals surface area contributed by atoms with Gasteiger partial charge in [0.2, 0.25) is 5.91 Å². The number of carbonyl (C=O) groups excluding carboxylic acids is 2. The first kappa shape index (κ1) is 20.0. The lowest BCUT2D eigenvalue weighted by molar-refractivity contribution is -0.136. The fourth-order valence-corrected chi connectivity index (χ4v) is 2.67. The highest BCUT2D eigenvalue weighted by Crippen LogP contribution is 2.10. The van der Waals surface area contributed by atoms with Crippen molar-refractivity contribution in [1.82, 2.24) is 14.7 Å². The smallest absolute Gasteiger partial charge is 0.266 e. The molecular weight excluding hydrogens is 304 g/mol. The van der Waals surface area contributed by atoms with Crippen LogP contribution in [0.3, 0.4) is 0 Å². The molecule has 134 valence electrons. The summed E-state index contributed by atoms with van der Waals surface area (Å²) in [5.74, 6) is -0.192. The molecule has 0 atom stereocenters. The average Bonchev–Trinajstić information content (AvgIpc) is 2.60. The molecule has 0 saturated carbocycles. The van der Waals surface area contributed by atoms with Crippen molar-refractivity contribution in [3.63, 3.8) is 0 Å². The van der Waals surface area contributed by atoms with Gasteiger partial charge in [-0.25, -0.2) is 0 Å². The quantitative estimate of drug-likeness (QED) is 0.503. The number of carbonyl (C=O) groups is 2. The first-order chi connectivity index (χ1) is 11.5. The third-order valence-electron chi connectivity index (χ3n) is 4.27. The molecule has 1 aliphatic heterocycles. The zero-order valence-corrected chi connectivity index (χ0v) is 15.3. The number of rotatable bonds is 8. The minimum atomic E-state index is -0.223. The summed E-state index contributed by atoms with van der Waals surface area (Å²) < 4.78 is 0. The van der Waals surface area contributed by atoms with E-state index in [1.807, 2.05) is 0 Å². The molecule has 0 aromatic carbocycles. The van der Waals surface area contributed by atoms with Crippen LogP contribution in [-0.4, -0.2) is 65.8 Å². The standard InChI is InChI=1S/C18H30N4O2/c1-4-6-8-20(9-7-5-2)15-17(14-19)18(24)22-12-10-21(11-13-22)16(3)23/h15H,4-13H2,1-3H3/b17-15-. The van der Waals surface area contributed by atoms with E-state index >= 15 is 0 Å². The molecule has 2 amide bonds. The molecule has 0 aromatic heterocycles. The topological polar surface area (TPSA) is 67.7 Å². The maximum atomic E-state index is 12.6. The van der Waals surface area contributed by atoms with Crippen molar-refractivity contribution in [2.75, 3.05) is 39.3 Å². The lowest BCUT2D eigenvalue weighted by Crippen LogP contribution is -2.50. The van der Waals surface area contributed by atoms with Gasteiger partial charge >= 0.3 is 0 Å². The highest BCUT2D eigenvalue weighted by molar-refractivity contribution is 5.97. The van der Waals surface area contributed by atoms with Crippen LogP contribution >= 0.6 is 0 Å². The predicted octanol–water partition coefficient (Wildman–Crippen LogP) is 1.99. The predicted molar refractivity (Wildman–Crippen MR) is 93.9 cm³/mol. The number of unbranched alkanes of at least 4 members (excludes halogenated alkanes) is 2. The van der Waals surface area contributed by atoms with Gasteiger partial charge in [0.25, 0.3) is 5.91 Å². The van der Waals surface area contributed by atoms with Crippen molar-refractivity contribution in [3.05, 3.63) is 11.8 Å². The molecule has 0 bridgehead atoms. The third kappa shape index (κ3) is 6.23. The largest absolute Gasteiger partial charge is 0.376 e. The van der Waals surface area contributed by atoms with Crippen molar-refractivity contribution < 1.29 is 9.59 Å². The van der Waals surface area contributed by atoms with E-state index in [0.717, 1.165) is 38.8 Å². The molecule has 1 fully saturated rings. The summed E-state index contributed by atoms with van der Waals surface area (Å²) in [6.07, 6.45) is 5.98. The van der Waals surface area contributed by atoms with Crippen molar-refractivity contribution in [2.45, 2.75) is 46.5 Å². The van der Waals surface area contributed by atoms with Crippen LogP contribution in [0.25, 0.3) is 0 Å². The normalized spacial score (nSPS) is 15.2. The van der Waals surface area contributed by atoms with E-state index in [-0.39, 0.29) is 17.4 Å². The van der Waals surface area contributed by atoms with Crippen molar-refractivity contribution in [3.8, 4) is 6.07 Å². The van der Waals surface area contributed by atoms with Crippen molar-refractivity contribution in [1.29, 1.82) is 5.26 Å². The molecule has 0 unspecified atom stereocenters. The molecule has 0 spiro atoms. The summed E-state index contributed by atoms with van der Waals surface area (Å²) >= 11 is 0. The third-order valence-corrected chi connectivity index (χ3v) is 4.27. The Balaban J connectivity index is 2.72. The molecule has 0 aromatic rings. The molecule has 6 nitrogen and oxygen atoms in total. The molecule has 1 heterocycles. The van der Waals surface area contributed by atoms with Gasteiger partial charge in [0, 0.05) is 52.4 Å². The van der Waals surface area contributed by atoms with Crippen LogP contribution in [0.5, 0.6) is 0 Å². The molecule has 24 heavy (non-hydrogen) atoms. The Morgan fingerprint density at radius 3 is 1.96 bits per heavy atom. The highest BCUT2D eigenvalue weighted by atomic mass is 16.2. The monoisotopic (exact) mass is 334 g/mol. The van der Waals surface area contributed by atoms with Crippen molar-refractivity contribution in [2.24, 2.45) is 0 Å². The number of hydrogen-bond acceptors (Lipinski definition) is 4. The second-order valence-corrected chi connectivity index (χ2v) is 6.20. The van der Waals surface area contributed by atoms with Crippen LogP contribution < -0.4 is 0 Å². The lowest BCUT2D eigenvalue weighted by Gasteiger charge is -2.34. The Bertz CT molecular complexity index is 480. The molecular formula is C18H30N4O2. The van der Waals surface area contributed by atoms with Crippen LogP contribution in [0.15, 0.2) is 11.8 Å². The Hall–Kier alpha value is -2.03. The van der Waals surface area contributed by atoms with Crippen LogP contribution in [0.1, 0.15) is 46.5 Å². The zero-order valence-electron chi connectivity index (χ0n) is 15.3. The van der Waals surface area contributed by atoms with Crippen molar-refractivity contribution >= 4 is 11.8 Å². The number of nitriles is 1. The second-order valence-electron chi connectivity index (χ2n) is 6.20. The maximum Gasteiger partial charge on any atom is 0.266 e. The maximum absolute atomic E-state index is 12.6. The molecule has 0 radical (unpaired) electrons. The fraction of sp³-hybridized carbons (Fsp3) is 0.722. The minimum absolute atomic E-state index is 0.0310. The fourth-order valence-electron chi connectivity index (χ4n) is 2.67. The molecule has 0 aliphatic carbocycles. The first-order valence-electron chi connectivity index (χ1n) is 8.94. The molecule has 1 rings (SSSR count). The summed E-state index contributed by atoms with van der Waals surface area (Å²) in [5.41, 5.74) is 0.193. The number of amides is 2. The summed E-state index contributed by atoms with van der Waals surface area (Å²) in [7, 11) is 0. The molecule has 6 heteroatoms.